The van der Waals surface area contributed by atoms with Gasteiger partial charge in [0.25, 0.3) is 5.69 Å². The van der Waals surface area contributed by atoms with E-state index in [0.29, 0.717) is 15.7 Å². The number of nitrogens with zero attached hydrogens (tertiary/aromatic N) is 2. The zero-order chi connectivity index (χ0) is 14.5. The van der Waals surface area contributed by atoms with Gasteiger partial charge in [-0.2, -0.15) is 5.10 Å². The van der Waals surface area contributed by atoms with Gasteiger partial charge in [0, 0.05) is 12.1 Å². The first-order chi connectivity index (χ1) is 9.56. The van der Waals surface area contributed by atoms with Crippen molar-refractivity contribution < 1.29 is 9.31 Å². The molecule has 0 aromatic heterocycles. The molecule has 0 aliphatic heterocycles. The van der Waals surface area contributed by atoms with Gasteiger partial charge in [0.05, 0.1) is 21.3 Å². The van der Waals surface area contributed by atoms with Crippen LogP contribution in [-0.4, -0.2) is 11.1 Å². The molecule has 0 atom stereocenters. The SMILES string of the molecule is O=[N+]([O-])c1ccc(N/N=C\c2ccc(F)c(Br)c2)cc1. The van der Waals surface area contributed by atoms with E-state index in [1.54, 1.807) is 24.3 Å². The highest BCUT2D eigenvalue weighted by atomic mass is 79.9. The topological polar surface area (TPSA) is 67.5 Å². The first-order valence-electron chi connectivity index (χ1n) is 5.55. The fourth-order valence-corrected chi connectivity index (χ4v) is 1.83. The van der Waals surface area contributed by atoms with Crippen molar-refractivity contribution in [1.82, 2.24) is 0 Å². The van der Waals surface area contributed by atoms with E-state index in [-0.39, 0.29) is 11.5 Å². The number of hydrazone groups is 1. The Kier molecular flexibility index (Phi) is 4.41. The van der Waals surface area contributed by atoms with Gasteiger partial charge >= 0.3 is 0 Å². The van der Waals surface area contributed by atoms with Crippen molar-refractivity contribution in [3.05, 3.63) is 68.4 Å². The molecule has 0 heterocycles. The van der Waals surface area contributed by atoms with Gasteiger partial charge in [0.2, 0.25) is 0 Å². The second kappa shape index (κ2) is 6.25. The molecule has 0 saturated carbocycles. The number of non-ortho nitro benzene ring substituents is 1. The van der Waals surface area contributed by atoms with Crippen LogP contribution in [0.4, 0.5) is 15.8 Å². The molecule has 7 heteroatoms. The second-order valence-electron chi connectivity index (χ2n) is 3.85. The van der Waals surface area contributed by atoms with Crippen molar-refractivity contribution in [2.45, 2.75) is 0 Å². The summed E-state index contributed by atoms with van der Waals surface area (Å²) in [7, 11) is 0. The third kappa shape index (κ3) is 3.61. The van der Waals surface area contributed by atoms with Crippen molar-refractivity contribution in [3.8, 4) is 0 Å². The van der Waals surface area contributed by atoms with E-state index in [2.05, 4.69) is 26.5 Å². The van der Waals surface area contributed by atoms with Crippen LogP contribution in [0.5, 0.6) is 0 Å². The van der Waals surface area contributed by atoms with Crippen LogP contribution >= 0.6 is 15.9 Å². The molecule has 20 heavy (non-hydrogen) atoms. The fraction of sp³-hybridized carbons (Fsp3) is 0. The van der Waals surface area contributed by atoms with Crippen LogP contribution in [-0.2, 0) is 0 Å². The maximum atomic E-state index is 13.0. The van der Waals surface area contributed by atoms with Crippen molar-refractivity contribution in [2.24, 2.45) is 5.10 Å². The number of rotatable bonds is 4. The molecule has 0 bridgehead atoms. The van der Waals surface area contributed by atoms with Crippen LogP contribution in [0, 0.1) is 15.9 Å². The molecule has 2 aromatic carbocycles. The zero-order valence-electron chi connectivity index (χ0n) is 10.1. The van der Waals surface area contributed by atoms with E-state index in [1.165, 1.54) is 24.4 Å². The van der Waals surface area contributed by atoms with Gasteiger partial charge in [-0.15, -0.1) is 0 Å². The quantitative estimate of drug-likeness (QED) is 0.522. The Morgan fingerprint density at radius 2 is 1.95 bits per heavy atom. The summed E-state index contributed by atoms with van der Waals surface area (Å²) in [6, 6.07) is 10.4. The lowest BCUT2D eigenvalue weighted by molar-refractivity contribution is -0.384. The number of benzene rings is 2. The van der Waals surface area contributed by atoms with Crippen LogP contribution in [0.25, 0.3) is 0 Å². The summed E-state index contributed by atoms with van der Waals surface area (Å²) in [5.74, 6) is -0.342. The average Bonchev–Trinajstić information content (AvgIpc) is 2.43. The molecule has 0 aliphatic rings. The summed E-state index contributed by atoms with van der Waals surface area (Å²) < 4.78 is 13.4. The van der Waals surface area contributed by atoms with Gasteiger partial charge in [0.15, 0.2) is 0 Å². The average molecular weight is 338 g/mol. The van der Waals surface area contributed by atoms with Gasteiger partial charge in [-0.3, -0.25) is 15.5 Å². The predicted octanol–water partition coefficient (Wildman–Crippen LogP) is 3.94. The van der Waals surface area contributed by atoms with Crippen LogP contribution in [0.3, 0.4) is 0 Å². The molecular weight excluding hydrogens is 329 g/mol. The van der Waals surface area contributed by atoms with Gasteiger partial charge in [-0.25, -0.2) is 4.39 Å². The molecule has 0 spiro atoms. The summed E-state index contributed by atoms with van der Waals surface area (Å²) in [4.78, 5) is 10.0. The monoisotopic (exact) mass is 337 g/mol. The van der Waals surface area contributed by atoms with Crippen molar-refractivity contribution in [1.29, 1.82) is 0 Å². The molecule has 0 fully saturated rings. The third-order valence-corrected chi connectivity index (χ3v) is 3.04. The molecule has 2 rings (SSSR count). The van der Waals surface area contributed by atoms with Gasteiger partial charge in [-0.1, -0.05) is 6.07 Å². The largest absolute Gasteiger partial charge is 0.278 e. The minimum absolute atomic E-state index is 0.0157. The molecule has 1 N–H and O–H groups in total. The Morgan fingerprint density at radius 3 is 2.55 bits per heavy atom. The Labute approximate surface area is 122 Å². The summed E-state index contributed by atoms with van der Waals surface area (Å²) in [6.45, 7) is 0. The Bertz CT molecular complexity index is 659. The van der Waals surface area contributed by atoms with Crippen LogP contribution in [0.2, 0.25) is 0 Å². The van der Waals surface area contributed by atoms with E-state index in [9.17, 15) is 14.5 Å². The summed E-state index contributed by atoms with van der Waals surface area (Å²) in [5.41, 5.74) is 4.08. The standard InChI is InChI=1S/C13H9BrFN3O2/c14-12-7-9(1-6-13(12)15)8-16-17-10-2-4-11(5-3-10)18(19)20/h1-8,17H/b16-8-. The number of halogens is 2. The second-order valence-corrected chi connectivity index (χ2v) is 4.70. The first-order valence-corrected chi connectivity index (χ1v) is 6.34. The molecular formula is C13H9BrFN3O2. The van der Waals surface area contributed by atoms with Gasteiger partial charge < -0.3 is 0 Å². The summed E-state index contributed by atoms with van der Waals surface area (Å²) in [6.07, 6.45) is 1.52. The molecule has 0 radical (unpaired) electrons. The van der Waals surface area contributed by atoms with Crippen LogP contribution in [0.15, 0.2) is 52.0 Å². The molecule has 5 nitrogen and oxygen atoms in total. The zero-order valence-corrected chi connectivity index (χ0v) is 11.7. The Balaban J connectivity index is 2.02. The Morgan fingerprint density at radius 1 is 1.25 bits per heavy atom. The maximum Gasteiger partial charge on any atom is 0.269 e. The number of hydrogen-bond acceptors (Lipinski definition) is 4. The highest BCUT2D eigenvalue weighted by Crippen LogP contribution is 2.17. The van der Waals surface area contributed by atoms with Gasteiger partial charge in [0.1, 0.15) is 5.82 Å². The minimum Gasteiger partial charge on any atom is -0.278 e. The number of nitrogens with one attached hydrogen (secondary N) is 1. The lowest BCUT2D eigenvalue weighted by atomic mass is 10.2. The summed E-state index contributed by atoms with van der Waals surface area (Å²) >= 11 is 3.08. The predicted molar refractivity (Wildman–Crippen MR) is 78.4 cm³/mol. The smallest absolute Gasteiger partial charge is 0.269 e. The lowest BCUT2D eigenvalue weighted by Gasteiger charge is -2.00. The molecule has 2 aromatic rings. The number of hydrogen-bond donors (Lipinski definition) is 1. The van der Waals surface area contributed by atoms with Gasteiger partial charge in [-0.05, 0) is 45.8 Å². The van der Waals surface area contributed by atoms with Crippen molar-refractivity contribution in [3.63, 3.8) is 0 Å². The first kappa shape index (κ1) is 14.1. The van der Waals surface area contributed by atoms with Crippen LogP contribution < -0.4 is 5.43 Å². The molecule has 0 aliphatic carbocycles. The minimum atomic E-state index is -0.469. The maximum absolute atomic E-state index is 13.0. The lowest BCUT2D eigenvalue weighted by Crippen LogP contribution is -1.92. The highest BCUT2D eigenvalue weighted by Gasteiger charge is 2.03. The number of nitro groups is 1. The highest BCUT2D eigenvalue weighted by molar-refractivity contribution is 9.10. The molecule has 0 saturated heterocycles. The number of nitro benzene ring substituents is 1. The van der Waals surface area contributed by atoms with Crippen molar-refractivity contribution >= 4 is 33.5 Å². The Hall–Kier alpha value is -2.28. The van der Waals surface area contributed by atoms with E-state index in [1.807, 2.05) is 0 Å². The van der Waals surface area contributed by atoms with Crippen LogP contribution in [0.1, 0.15) is 5.56 Å². The number of anilines is 1. The molecule has 102 valence electrons. The molecule has 0 unspecified atom stereocenters. The van der Waals surface area contributed by atoms with E-state index in [0.717, 1.165) is 0 Å². The van der Waals surface area contributed by atoms with Crippen molar-refractivity contribution in [2.75, 3.05) is 5.43 Å². The van der Waals surface area contributed by atoms with E-state index >= 15 is 0 Å². The van der Waals surface area contributed by atoms with E-state index < -0.39 is 4.92 Å². The normalized spacial score (nSPS) is 10.7. The third-order valence-electron chi connectivity index (χ3n) is 2.43. The fourth-order valence-electron chi connectivity index (χ4n) is 1.43. The molecule has 0 amide bonds. The van der Waals surface area contributed by atoms with E-state index in [4.69, 9.17) is 0 Å². The summed E-state index contributed by atoms with van der Waals surface area (Å²) in [5, 5.41) is 14.5.